The van der Waals surface area contributed by atoms with Gasteiger partial charge in [0.1, 0.15) is 18.1 Å². The molecule has 1 aromatic heterocycles. The van der Waals surface area contributed by atoms with Gasteiger partial charge in [0.05, 0.1) is 4.90 Å². The molecule has 2 aromatic carbocycles. The predicted molar refractivity (Wildman–Crippen MR) is 121 cm³/mol. The lowest BCUT2D eigenvalue weighted by Gasteiger charge is -2.29. The summed E-state index contributed by atoms with van der Waals surface area (Å²) >= 11 is 0. The number of piperidine rings is 1. The molecular weight excluding hydrogens is 428 g/mol. The Morgan fingerprint density at radius 2 is 1.72 bits per heavy atom. The number of para-hydroxylation sites is 1. The molecule has 1 N–H and O–H groups in total. The number of benzene rings is 2. The van der Waals surface area contributed by atoms with Gasteiger partial charge in [0.25, 0.3) is 5.91 Å². The van der Waals surface area contributed by atoms with E-state index in [0.717, 1.165) is 12.8 Å². The van der Waals surface area contributed by atoms with Crippen molar-refractivity contribution in [2.75, 3.05) is 18.4 Å². The number of nitrogens with one attached hydrogen (secondary N) is 1. The maximum absolute atomic E-state index is 12.8. The van der Waals surface area contributed by atoms with Crippen molar-refractivity contribution < 1.29 is 22.4 Å². The number of hydrogen-bond donors (Lipinski definition) is 1. The molecule has 8 heteroatoms. The van der Waals surface area contributed by atoms with Crippen molar-refractivity contribution in [1.29, 1.82) is 0 Å². The Bertz CT molecular complexity index is 1150. The normalized spacial score (nSPS) is 15.4. The van der Waals surface area contributed by atoms with Crippen LogP contribution in [-0.2, 0) is 16.6 Å². The summed E-state index contributed by atoms with van der Waals surface area (Å²) in [5.74, 6) is 1.51. The van der Waals surface area contributed by atoms with Crippen LogP contribution in [0.4, 0.5) is 5.69 Å². The number of furan rings is 1. The Morgan fingerprint density at radius 3 is 2.41 bits per heavy atom. The molecule has 4 rings (SSSR count). The van der Waals surface area contributed by atoms with E-state index >= 15 is 0 Å². The van der Waals surface area contributed by atoms with E-state index in [1.807, 2.05) is 30.3 Å². The first-order valence-electron chi connectivity index (χ1n) is 10.6. The van der Waals surface area contributed by atoms with Crippen LogP contribution in [0.1, 0.15) is 36.1 Å². The highest BCUT2D eigenvalue weighted by molar-refractivity contribution is 7.89. The zero-order valence-corrected chi connectivity index (χ0v) is 18.7. The molecule has 0 unspecified atom stereocenters. The van der Waals surface area contributed by atoms with Gasteiger partial charge in [0.15, 0.2) is 5.76 Å². The Hall–Kier alpha value is -3.10. The molecule has 1 fully saturated rings. The SMILES string of the molecule is CC1CCN(S(=O)(=O)c2ccc(NC(=O)c3ccc(COc4ccccc4)o3)cc2)CC1. The second-order valence-corrected chi connectivity index (χ2v) is 9.87. The maximum Gasteiger partial charge on any atom is 0.291 e. The number of hydrogen-bond acceptors (Lipinski definition) is 5. The van der Waals surface area contributed by atoms with Crippen molar-refractivity contribution in [3.8, 4) is 5.75 Å². The smallest absolute Gasteiger partial charge is 0.291 e. The molecule has 0 saturated carbocycles. The molecule has 0 atom stereocenters. The Balaban J connectivity index is 1.35. The molecule has 1 saturated heterocycles. The summed E-state index contributed by atoms with van der Waals surface area (Å²) in [7, 11) is -3.52. The van der Waals surface area contributed by atoms with E-state index < -0.39 is 15.9 Å². The molecule has 0 spiro atoms. The highest BCUT2D eigenvalue weighted by Gasteiger charge is 2.28. The van der Waals surface area contributed by atoms with Gasteiger partial charge in [-0.2, -0.15) is 4.31 Å². The fourth-order valence-corrected chi connectivity index (χ4v) is 5.00. The summed E-state index contributed by atoms with van der Waals surface area (Å²) in [6.45, 7) is 3.42. The van der Waals surface area contributed by atoms with Crippen LogP contribution in [0.5, 0.6) is 5.75 Å². The zero-order chi connectivity index (χ0) is 22.6. The molecule has 1 amide bonds. The zero-order valence-electron chi connectivity index (χ0n) is 17.9. The van der Waals surface area contributed by atoms with Gasteiger partial charge < -0.3 is 14.5 Å². The maximum atomic E-state index is 12.8. The van der Waals surface area contributed by atoms with Crippen LogP contribution in [0.3, 0.4) is 0 Å². The second kappa shape index (κ2) is 9.58. The van der Waals surface area contributed by atoms with Gasteiger partial charge in [-0.05, 0) is 67.3 Å². The van der Waals surface area contributed by atoms with Crippen LogP contribution in [-0.4, -0.2) is 31.7 Å². The first-order valence-corrected chi connectivity index (χ1v) is 12.0. The van der Waals surface area contributed by atoms with Crippen molar-refractivity contribution in [3.63, 3.8) is 0 Å². The second-order valence-electron chi connectivity index (χ2n) is 7.93. The van der Waals surface area contributed by atoms with E-state index in [2.05, 4.69) is 12.2 Å². The van der Waals surface area contributed by atoms with Gasteiger partial charge in [0.2, 0.25) is 10.0 Å². The first kappa shape index (κ1) is 22.1. The van der Waals surface area contributed by atoms with E-state index in [0.29, 0.717) is 36.2 Å². The van der Waals surface area contributed by atoms with Crippen LogP contribution in [0.25, 0.3) is 0 Å². The lowest BCUT2D eigenvalue weighted by molar-refractivity contribution is 0.0992. The minimum Gasteiger partial charge on any atom is -0.486 e. The van der Waals surface area contributed by atoms with Crippen LogP contribution in [0.15, 0.2) is 76.0 Å². The molecule has 0 bridgehead atoms. The molecule has 1 aliphatic heterocycles. The molecule has 7 nitrogen and oxygen atoms in total. The molecule has 2 heterocycles. The van der Waals surface area contributed by atoms with Gasteiger partial charge in [-0.15, -0.1) is 0 Å². The number of nitrogens with zero attached hydrogens (tertiary/aromatic N) is 1. The minimum atomic E-state index is -3.52. The summed E-state index contributed by atoms with van der Waals surface area (Å²) < 4.78 is 38.4. The van der Waals surface area contributed by atoms with Gasteiger partial charge in [0, 0.05) is 18.8 Å². The van der Waals surface area contributed by atoms with Crippen LogP contribution in [0.2, 0.25) is 0 Å². The summed E-state index contributed by atoms with van der Waals surface area (Å²) in [5, 5.41) is 2.73. The third-order valence-corrected chi connectivity index (χ3v) is 7.42. The van der Waals surface area contributed by atoms with Crippen molar-refractivity contribution in [3.05, 3.63) is 78.3 Å². The van der Waals surface area contributed by atoms with Crippen molar-refractivity contribution in [1.82, 2.24) is 4.31 Å². The van der Waals surface area contributed by atoms with Gasteiger partial charge >= 0.3 is 0 Å². The van der Waals surface area contributed by atoms with Gasteiger partial charge in [-0.3, -0.25) is 4.79 Å². The van der Waals surface area contributed by atoms with E-state index in [9.17, 15) is 13.2 Å². The van der Waals surface area contributed by atoms with Crippen LogP contribution in [0, 0.1) is 5.92 Å². The third kappa shape index (κ3) is 5.20. The fourth-order valence-electron chi connectivity index (χ4n) is 3.53. The van der Waals surface area contributed by atoms with Crippen molar-refractivity contribution >= 4 is 21.6 Å². The van der Waals surface area contributed by atoms with E-state index in [-0.39, 0.29) is 17.3 Å². The lowest BCUT2D eigenvalue weighted by Crippen LogP contribution is -2.37. The molecule has 32 heavy (non-hydrogen) atoms. The summed E-state index contributed by atoms with van der Waals surface area (Å²) in [4.78, 5) is 12.7. The summed E-state index contributed by atoms with van der Waals surface area (Å²) in [5.41, 5.74) is 0.486. The van der Waals surface area contributed by atoms with Crippen molar-refractivity contribution in [2.24, 2.45) is 5.92 Å². The van der Waals surface area contributed by atoms with Gasteiger partial charge in [-0.1, -0.05) is 25.1 Å². The molecule has 0 radical (unpaired) electrons. The van der Waals surface area contributed by atoms with E-state index in [1.54, 1.807) is 24.3 Å². The van der Waals surface area contributed by atoms with E-state index in [1.165, 1.54) is 16.4 Å². The number of rotatable bonds is 7. The predicted octanol–water partition coefficient (Wildman–Crippen LogP) is 4.53. The highest BCUT2D eigenvalue weighted by Crippen LogP contribution is 2.24. The monoisotopic (exact) mass is 454 g/mol. The Kier molecular flexibility index (Phi) is 6.62. The number of carbonyl (C=O) groups is 1. The number of sulfonamides is 1. The van der Waals surface area contributed by atoms with Crippen molar-refractivity contribution in [2.45, 2.75) is 31.3 Å². The number of carbonyl (C=O) groups excluding carboxylic acids is 1. The first-order chi connectivity index (χ1) is 15.4. The molecule has 0 aliphatic carbocycles. The standard InChI is InChI=1S/C24H26N2O5S/c1-18-13-15-26(16-14-18)32(28,29)22-10-7-19(8-11-22)25-24(27)23-12-9-21(31-23)17-30-20-5-3-2-4-6-20/h2-12,18H,13-17H2,1H3,(H,25,27). The molecular formula is C24H26N2O5S. The van der Waals surface area contributed by atoms with Gasteiger partial charge in [-0.25, -0.2) is 8.42 Å². The molecule has 3 aromatic rings. The largest absolute Gasteiger partial charge is 0.486 e. The average molecular weight is 455 g/mol. The van der Waals surface area contributed by atoms with E-state index in [4.69, 9.17) is 9.15 Å². The lowest BCUT2D eigenvalue weighted by atomic mass is 10.0. The topological polar surface area (TPSA) is 88.9 Å². The summed E-state index contributed by atoms with van der Waals surface area (Å²) in [6.07, 6.45) is 1.74. The third-order valence-electron chi connectivity index (χ3n) is 5.50. The Morgan fingerprint density at radius 1 is 1.03 bits per heavy atom. The summed E-state index contributed by atoms with van der Waals surface area (Å²) in [6, 6.07) is 18.8. The highest BCUT2D eigenvalue weighted by atomic mass is 32.2. The number of ether oxygens (including phenoxy) is 1. The average Bonchev–Trinajstić information content (AvgIpc) is 3.28. The molecule has 1 aliphatic rings. The number of anilines is 1. The van der Waals surface area contributed by atoms with Crippen LogP contribution < -0.4 is 10.1 Å². The fraction of sp³-hybridized carbons (Fsp3) is 0.292. The quantitative estimate of drug-likeness (QED) is 0.567. The van der Waals surface area contributed by atoms with Crippen LogP contribution >= 0.6 is 0 Å². The minimum absolute atomic E-state index is 0.149. The molecule has 168 valence electrons. The Labute approximate surface area is 188 Å². The number of amides is 1.